The van der Waals surface area contributed by atoms with Crippen LogP contribution in [0, 0.1) is 0 Å². The molecule has 9 heteroatoms. The number of halogens is 2. The molecule has 0 aliphatic heterocycles. The van der Waals surface area contributed by atoms with Crippen LogP contribution in [0.1, 0.15) is 0 Å². The number of primary amides is 1. The van der Waals surface area contributed by atoms with Crippen molar-refractivity contribution in [1.29, 1.82) is 0 Å². The van der Waals surface area contributed by atoms with Crippen LogP contribution in [0.15, 0.2) is 76.0 Å². The van der Waals surface area contributed by atoms with E-state index in [0.717, 1.165) is 20.3 Å². The molecule has 3 aromatic rings. The van der Waals surface area contributed by atoms with Gasteiger partial charge in [0.2, 0.25) is 0 Å². The van der Waals surface area contributed by atoms with E-state index >= 15 is 0 Å². The third kappa shape index (κ3) is 4.55. The molecular weight excluding hydrogens is 431 g/mol. The largest absolute Gasteiger partial charge is 0.445 e. The second kappa shape index (κ2) is 8.66. The van der Waals surface area contributed by atoms with Crippen molar-refractivity contribution in [2.24, 2.45) is 5.73 Å². The summed E-state index contributed by atoms with van der Waals surface area (Å²) < 4.78 is 20.9. The number of aromatic nitrogens is 3. The van der Waals surface area contributed by atoms with Gasteiger partial charge in [-0.3, -0.25) is 0 Å². The van der Waals surface area contributed by atoms with Gasteiger partial charge in [0.15, 0.2) is 0 Å². The number of nitrogens with two attached hydrogens (primary N) is 1. The second-order valence-corrected chi connectivity index (χ2v) is 6.79. The van der Waals surface area contributed by atoms with Gasteiger partial charge in [-0.05, 0) is 35.4 Å². The van der Waals surface area contributed by atoms with Crippen molar-refractivity contribution in [3.63, 3.8) is 0 Å². The summed E-state index contributed by atoms with van der Waals surface area (Å²) in [6.07, 6.45) is 0.595. The highest BCUT2D eigenvalue weighted by atomic mass is 79.9. The molecule has 0 aliphatic rings. The van der Waals surface area contributed by atoms with Crippen LogP contribution in [0.5, 0.6) is 0 Å². The summed E-state index contributed by atoms with van der Waals surface area (Å²) in [5.74, 6) is 0. The molecule has 2 aromatic carbocycles. The Hall–Kier alpha value is -3.20. The molecule has 3 rings (SSSR count). The van der Waals surface area contributed by atoms with E-state index in [1.165, 1.54) is 10.9 Å². The Labute approximate surface area is 168 Å². The standard InChI is InChI=1S/C19H16BrFN4O3/c20-16-6-4-14(5-7-16)15-2-1-3-17(8-15)24-12-23-25(19(24)27)10-13(9-21)11-28-18(22)26/h1-9,12H,10-11H2,(H2,22,26)/b13-9+. The van der Waals surface area contributed by atoms with Crippen LogP contribution in [0.25, 0.3) is 16.8 Å². The van der Waals surface area contributed by atoms with Gasteiger partial charge in [-0.2, -0.15) is 5.10 Å². The molecule has 0 fully saturated rings. The second-order valence-electron chi connectivity index (χ2n) is 5.87. The number of benzene rings is 2. The molecule has 28 heavy (non-hydrogen) atoms. The summed E-state index contributed by atoms with van der Waals surface area (Å²) in [6, 6.07) is 15.2. The molecule has 0 bridgehead atoms. The van der Waals surface area contributed by atoms with E-state index in [2.05, 4.69) is 25.8 Å². The molecule has 7 nitrogen and oxygen atoms in total. The first-order valence-electron chi connectivity index (χ1n) is 8.19. The fourth-order valence-electron chi connectivity index (χ4n) is 2.57. The minimum absolute atomic E-state index is 0.0507. The minimum Gasteiger partial charge on any atom is -0.445 e. The van der Waals surface area contributed by atoms with Crippen LogP contribution >= 0.6 is 15.9 Å². The summed E-state index contributed by atoms with van der Waals surface area (Å²) in [4.78, 5) is 23.3. The third-order valence-corrected chi connectivity index (χ3v) is 4.47. The molecule has 0 unspecified atom stereocenters. The van der Waals surface area contributed by atoms with Crippen LogP contribution in [0.2, 0.25) is 0 Å². The van der Waals surface area contributed by atoms with E-state index in [1.54, 1.807) is 6.07 Å². The van der Waals surface area contributed by atoms with Gasteiger partial charge in [0.1, 0.15) is 12.9 Å². The molecule has 0 saturated heterocycles. The monoisotopic (exact) mass is 446 g/mol. The lowest BCUT2D eigenvalue weighted by atomic mass is 10.1. The van der Waals surface area contributed by atoms with Crippen LogP contribution in [0.3, 0.4) is 0 Å². The average Bonchev–Trinajstić information content (AvgIpc) is 3.06. The SMILES string of the molecule is NC(=O)OC/C(=C/F)Cn1ncn(-c2cccc(-c3ccc(Br)cc3)c2)c1=O. The molecule has 144 valence electrons. The van der Waals surface area contributed by atoms with Crippen LogP contribution in [-0.4, -0.2) is 27.0 Å². The molecule has 0 spiro atoms. The van der Waals surface area contributed by atoms with Gasteiger partial charge >= 0.3 is 11.8 Å². The van der Waals surface area contributed by atoms with Crippen molar-refractivity contribution < 1.29 is 13.9 Å². The maximum atomic E-state index is 13.0. The zero-order valence-electron chi connectivity index (χ0n) is 14.6. The number of carbonyl (C=O) groups is 1. The van der Waals surface area contributed by atoms with E-state index in [0.29, 0.717) is 5.69 Å². The Morgan fingerprint density at radius 3 is 2.64 bits per heavy atom. The highest BCUT2D eigenvalue weighted by Gasteiger charge is 2.11. The molecular formula is C19H16BrFN4O3. The Kier molecular flexibility index (Phi) is 6.05. The number of carbonyl (C=O) groups excluding carboxylic acids is 1. The summed E-state index contributed by atoms with van der Waals surface area (Å²) in [5, 5.41) is 4.00. The Morgan fingerprint density at radius 1 is 1.21 bits per heavy atom. The smallest absolute Gasteiger partial charge is 0.404 e. The number of ether oxygens (including phenoxy) is 1. The first kappa shape index (κ1) is 19.6. The van der Waals surface area contributed by atoms with Gasteiger partial charge in [-0.1, -0.05) is 40.2 Å². The van der Waals surface area contributed by atoms with Gasteiger partial charge in [0, 0.05) is 10.0 Å². The molecule has 1 aromatic heterocycles. The lowest BCUT2D eigenvalue weighted by molar-refractivity contribution is 0.164. The number of hydrogen-bond acceptors (Lipinski definition) is 4. The maximum Gasteiger partial charge on any atom is 0.404 e. The number of amides is 1. The predicted octanol–water partition coefficient (Wildman–Crippen LogP) is 3.41. The van der Waals surface area contributed by atoms with Crippen LogP contribution in [0.4, 0.5) is 9.18 Å². The Balaban J connectivity index is 1.86. The topological polar surface area (TPSA) is 92.1 Å². The minimum atomic E-state index is -1.03. The maximum absolute atomic E-state index is 13.0. The fourth-order valence-corrected chi connectivity index (χ4v) is 2.83. The molecule has 0 atom stereocenters. The van der Waals surface area contributed by atoms with Crippen molar-refractivity contribution in [2.45, 2.75) is 6.54 Å². The fraction of sp³-hybridized carbons (Fsp3) is 0.105. The summed E-state index contributed by atoms with van der Waals surface area (Å²) in [6.45, 7) is -0.522. The lowest BCUT2D eigenvalue weighted by Gasteiger charge is -2.06. The number of nitrogens with zero attached hydrogens (tertiary/aromatic N) is 3. The highest BCUT2D eigenvalue weighted by molar-refractivity contribution is 9.10. The van der Waals surface area contributed by atoms with E-state index in [1.807, 2.05) is 42.5 Å². The first-order chi connectivity index (χ1) is 13.5. The van der Waals surface area contributed by atoms with Gasteiger partial charge in [0.25, 0.3) is 0 Å². The van der Waals surface area contributed by atoms with Crippen LogP contribution in [-0.2, 0) is 11.3 Å². The number of hydrogen-bond donors (Lipinski definition) is 1. The van der Waals surface area contributed by atoms with Crippen molar-refractivity contribution in [2.75, 3.05) is 6.61 Å². The van der Waals surface area contributed by atoms with Gasteiger partial charge in [-0.25, -0.2) is 23.2 Å². The van der Waals surface area contributed by atoms with Crippen molar-refractivity contribution >= 4 is 22.0 Å². The van der Waals surface area contributed by atoms with Crippen molar-refractivity contribution in [1.82, 2.24) is 14.3 Å². The van der Waals surface area contributed by atoms with Gasteiger partial charge in [-0.15, -0.1) is 0 Å². The quantitative estimate of drug-likeness (QED) is 0.627. The number of rotatable bonds is 6. The zero-order chi connectivity index (χ0) is 20.1. The Morgan fingerprint density at radius 2 is 1.96 bits per heavy atom. The summed E-state index contributed by atoms with van der Waals surface area (Å²) >= 11 is 3.40. The van der Waals surface area contributed by atoms with E-state index < -0.39 is 11.8 Å². The zero-order valence-corrected chi connectivity index (χ0v) is 16.2. The van der Waals surface area contributed by atoms with E-state index in [4.69, 9.17) is 5.73 Å². The van der Waals surface area contributed by atoms with Gasteiger partial charge in [0.05, 0.1) is 18.6 Å². The highest BCUT2D eigenvalue weighted by Crippen LogP contribution is 2.23. The van der Waals surface area contributed by atoms with Crippen molar-refractivity contribution in [3.05, 3.63) is 81.7 Å². The average molecular weight is 447 g/mol. The first-order valence-corrected chi connectivity index (χ1v) is 8.98. The van der Waals surface area contributed by atoms with E-state index in [9.17, 15) is 14.0 Å². The summed E-state index contributed by atoms with van der Waals surface area (Å²) in [5.41, 5.74) is 7.02. The van der Waals surface area contributed by atoms with Crippen LogP contribution < -0.4 is 11.4 Å². The normalized spacial score (nSPS) is 11.4. The molecule has 2 N–H and O–H groups in total. The summed E-state index contributed by atoms with van der Waals surface area (Å²) in [7, 11) is 0. The molecule has 0 aliphatic carbocycles. The van der Waals surface area contributed by atoms with E-state index in [-0.39, 0.29) is 25.1 Å². The molecule has 0 saturated carbocycles. The van der Waals surface area contributed by atoms with Crippen molar-refractivity contribution in [3.8, 4) is 16.8 Å². The van der Waals surface area contributed by atoms with Gasteiger partial charge < -0.3 is 10.5 Å². The lowest BCUT2D eigenvalue weighted by Crippen LogP contribution is -2.26. The molecule has 0 radical (unpaired) electrons. The molecule has 1 heterocycles. The Bertz CT molecular complexity index is 1070. The third-order valence-electron chi connectivity index (χ3n) is 3.94. The molecule has 1 amide bonds. The predicted molar refractivity (Wildman–Crippen MR) is 106 cm³/mol.